The summed E-state index contributed by atoms with van der Waals surface area (Å²) in [5.41, 5.74) is -1.83. The summed E-state index contributed by atoms with van der Waals surface area (Å²) in [6, 6.07) is 1.57. The third-order valence-corrected chi connectivity index (χ3v) is 3.46. The van der Waals surface area contributed by atoms with Crippen molar-refractivity contribution in [2.75, 3.05) is 0 Å². The lowest BCUT2D eigenvalue weighted by molar-refractivity contribution is -0.156. The lowest BCUT2D eigenvalue weighted by Gasteiger charge is -2.20. The van der Waals surface area contributed by atoms with Gasteiger partial charge in [-0.05, 0) is 12.1 Å². The highest BCUT2D eigenvalue weighted by Crippen LogP contribution is 2.31. The quantitative estimate of drug-likeness (QED) is 0.678. The maximum atomic E-state index is 13.3. The van der Waals surface area contributed by atoms with E-state index in [1.807, 2.05) is 0 Å². The van der Waals surface area contributed by atoms with Crippen molar-refractivity contribution in [2.24, 2.45) is 0 Å². The Morgan fingerprint density at radius 1 is 1.30 bits per heavy atom. The Balaban J connectivity index is 1.81. The molecule has 27 heavy (non-hydrogen) atoms. The standard InChI is InChI=1S/C15H12F3N7O2/c16-15(17,18)12(10-3-1-2-4-20-10)24-14(27)9-5-21-11(23-13(9)26)6-25-8-19-7-22-25/h1-5,7-8,12H,6H2,(H,24,27)(H,21,23,26)/t12-/m0/s1. The molecule has 3 aromatic heterocycles. The number of halogens is 3. The highest BCUT2D eigenvalue weighted by atomic mass is 19.4. The molecule has 140 valence electrons. The Kier molecular flexibility index (Phi) is 4.96. The molecule has 0 fully saturated rings. The molecule has 0 spiro atoms. The summed E-state index contributed by atoms with van der Waals surface area (Å²) in [5.74, 6) is -1.05. The van der Waals surface area contributed by atoms with Crippen molar-refractivity contribution in [3.8, 4) is 0 Å². The number of H-pyrrole nitrogens is 1. The Morgan fingerprint density at radius 3 is 2.70 bits per heavy atom. The van der Waals surface area contributed by atoms with Gasteiger partial charge in [0.2, 0.25) is 0 Å². The molecule has 0 unspecified atom stereocenters. The smallest absolute Gasteiger partial charge is 0.335 e. The van der Waals surface area contributed by atoms with E-state index in [0.717, 1.165) is 12.3 Å². The molecule has 0 saturated heterocycles. The first-order chi connectivity index (χ1) is 12.8. The summed E-state index contributed by atoms with van der Waals surface area (Å²) < 4.78 is 41.2. The molecule has 9 nitrogen and oxygen atoms in total. The van der Waals surface area contributed by atoms with E-state index in [4.69, 9.17) is 0 Å². The van der Waals surface area contributed by atoms with Crippen LogP contribution >= 0.6 is 0 Å². The van der Waals surface area contributed by atoms with Crippen molar-refractivity contribution < 1.29 is 18.0 Å². The van der Waals surface area contributed by atoms with Crippen LogP contribution in [0.25, 0.3) is 0 Å². The van der Waals surface area contributed by atoms with Crippen LogP contribution in [0.1, 0.15) is 27.9 Å². The second-order valence-electron chi connectivity index (χ2n) is 5.37. The normalized spacial score (nSPS) is 12.6. The molecule has 0 aliphatic carbocycles. The summed E-state index contributed by atoms with van der Waals surface area (Å²) >= 11 is 0. The van der Waals surface area contributed by atoms with E-state index in [-0.39, 0.29) is 12.4 Å². The van der Waals surface area contributed by atoms with Gasteiger partial charge in [0.05, 0.1) is 5.69 Å². The third kappa shape index (κ3) is 4.34. The number of hydrogen-bond donors (Lipinski definition) is 2. The van der Waals surface area contributed by atoms with Crippen LogP contribution < -0.4 is 10.9 Å². The fourth-order valence-electron chi connectivity index (χ4n) is 2.22. The van der Waals surface area contributed by atoms with Gasteiger partial charge in [-0.2, -0.15) is 18.3 Å². The zero-order chi connectivity index (χ0) is 19.4. The number of carbonyl (C=O) groups excluding carboxylic acids is 1. The van der Waals surface area contributed by atoms with E-state index in [1.54, 1.807) is 5.32 Å². The SMILES string of the molecule is O=C(N[C@@H](c1ccccn1)C(F)(F)F)c1cnc(Cn2cncn2)[nH]c1=O. The van der Waals surface area contributed by atoms with Crippen molar-refractivity contribution in [2.45, 2.75) is 18.8 Å². The van der Waals surface area contributed by atoms with E-state index in [0.29, 0.717) is 0 Å². The number of aromatic nitrogens is 6. The van der Waals surface area contributed by atoms with Gasteiger partial charge in [0, 0.05) is 12.4 Å². The Labute approximate surface area is 149 Å². The van der Waals surface area contributed by atoms with Crippen LogP contribution in [0, 0.1) is 0 Å². The molecule has 3 aromatic rings. The number of carbonyl (C=O) groups is 1. The molecule has 0 saturated carbocycles. The number of nitrogens with one attached hydrogen (secondary N) is 2. The number of amides is 1. The highest BCUT2D eigenvalue weighted by Gasteiger charge is 2.43. The summed E-state index contributed by atoms with van der Waals surface area (Å²) in [7, 11) is 0. The molecule has 2 N–H and O–H groups in total. The molecule has 1 atom stereocenters. The molecule has 3 heterocycles. The molecular weight excluding hydrogens is 367 g/mol. The Morgan fingerprint density at radius 2 is 2.11 bits per heavy atom. The fourth-order valence-corrected chi connectivity index (χ4v) is 2.22. The monoisotopic (exact) mass is 379 g/mol. The van der Waals surface area contributed by atoms with E-state index < -0.39 is 34.9 Å². The molecule has 3 rings (SSSR count). The van der Waals surface area contributed by atoms with E-state index in [1.165, 1.54) is 35.7 Å². The van der Waals surface area contributed by atoms with Crippen LogP contribution in [-0.2, 0) is 6.54 Å². The van der Waals surface area contributed by atoms with Gasteiger partial charge in [-0.25, -0.2) is 14.6 Å². The summed E-state index contributed by atoms with van der Waals surface area (Å²) in [4.78, 5) is 37.8. The van der Waals surface area contributed by atoms with E-state index in [2.05, 4.69) is 25.0 Å². The van der Waals surface area contributed by atoms with Gasteiger partial charge in [0.15, 0.2) is 6.04 Å². The molecule has 0 radical (unpaired) electrons. The van der Waals surface area contributed by atoms with Gasteiger partial charge >= 0.3 is 6.18 Å². The second-order valence-corrected chi connectivity index (χ2v) is 5.37. The van der Waals surface area contributed by atoms with Gasteiger partial charge in [0.1, 0.15) is 30.6 Å². The number of rotatable bonds is 5. The van der Waals surface area contributed by atoms with Crippen molar-refractivity contribution in [1.29, 1.82) is 0 Å². The number of pyridine rings is 1. The molecule has 0 aromatic carbocycles. The molecule has 0 aliphatic rings. The van der Waals surface area contributed by atoms with Crippen molar-refractivity contribution in [3.05, 3.63) is 70.7 Å². The average Bonchev–Trinajstić information content (AvgIpc) is 3.12. The van der Waals surface area contributed by atoms with Gasteiger partial charge in [-0.15, -0.1) is 0 Å². The molecule has 0 bridgehead atoms. The van der Waals surface area contributed by atoms with Gasteiger partial charge < -0.3 is 10.3 Å². The van der Waals surface area contributed by atoms with Crippen LogP contribution in [0.15, 0.2) is 48.0 Å². The molecule has 0 aliphatic heterocycles. The van der Waals surface area contributed by atoms with Gasteiger partial charge in [-0.3, -0.25) is 14.6 Å². The Bertz CT molecular complexity index is 971. The zero-order valence-electron chi connectivity index (χ0n) is 13.5. The predicted molar refractivity (Wildman–Crippen MR) is 84.5 cm³/mol. The molecule has 12 heteroatoms. The lowest BCUT2D eigenvalue weighted by Crippen LogP contribution is -2.40. The minimum absolute atomic E-state index is 0.0796. The maximum absolute atomic E-state index is 13.3. The molecule has 1 amide bonds. The van der Waals surface area contributed by atoms with Crippen molar-refractivity contribution >= 4 is 5.91 Å². The lowest BCUT2D eigenvalue weighted by atomic mass is 10.1. The molecular formula is C15H12F3N7O2. The van der Waals surface area contributed by atoms with Crippen LogP contribution in [-0.4, -0.2) is 41.8 Å². The summed E-state index contributed by atoms with van der Waals surface area (Å²) in [6.45, 7) is 0.0796. The van der Waals surface area contributed by atoms with E-state index in [9.17, 15) is 22.8 Å². The third-order valence-electron chi connectivity index (χ3n) is 3.46. The van der Waals surface area contributed by atoms with Crippen LogP contribution in [0.2, 0.25) is 0 Å². The van der Waals surface area contributed by atoms with Crippen LogP contribution in [0.3, 0.4) is 0 Å². The number of aromatic amines is 1. The van der Waals surface area contributed by atoms with Crippen molar-refractivity contribution in [3.63, 3.8) is 0 Å². The number of alkyl halides is 3. The number of nitrogens with zero attached hydrogens (tertiary/aromatic N) is 5. The zero-order valence-corrected chi connectivity index (χ0v) is 13.5. The second kappa shape index (κ2) is 7.35. The number of hydrogen-bond acceptors (Lipinski definition) is 6. The summed E-state index contributed by atoms with van der Waals surface area (Å²) in [6.07, 6.45) is -0.0345. The Hall–Kier alpha value is -3.57. The largest absolute Gasteiger partial charge is 0.414 e. The first kappa shape index (κ1) is 18.2. The predicted octanol–water partition coefficient (Wildman–Crippen LogP) is 0.838. The first-order valence-electron chi connectivity index (χ1n) is 7.53. The highest BCUT2D eigenvalue weighted by molar-refractivity contribution is 5.93. The van der Waals surface area contributed by atoms with Gasteiger partial charge in [0.25, 0.3) is 11.5 Å². The fraction of sp³-hybridized carbons (Fsp3) is 0.200. The van der Waals surface area contributed by atoms with E-state index >= 15 is 0 Å². The van der Waals surface area contributed by atoms with Crippen molar-refractivity contribution in [1.82, 2.24) is 35.0 Å². The average molecular weight is 379 g/mol. The first-order valence-corrected chi connectivity index (χ1v) is 7.53. The van der Waals surface area contributed by atoms with Crippen LogP contribution in [0.5, 0.6) is 0 Å². The topological polar surface area (TPSA) is 118 Å². The maximum Gasteiger partial charge on any atom is 0.414 e. The van der Waals surface area contributed by atoms with Gasteiger partial charge in [-0.1, -0.05) is 6.07 Å². The minimum atomic E-state index is -4.79. The summed E-state index contributed by atoms with van der Waals surface area (Å²) in [5, 5.41) is 5.61. The van der Waals surface area contributed by atoms with Crippen LogP contribution in [0.4, 0.5) is 13.2 Å². The minimum Gasteiger partial charge on any atom is -0.335 e.